The Hall–Kier alpha value is -3.64. The van der Waals surface area contributed by atoms with Crippen molar-refractivity contribution in [3.05, 3.63) is 129 Å². The van der Waals surface area contributed by atoms with Gasteiger partial charge in [-0.2, -0.15) is 0 Å². The molecule has 0 aliphatic heterocycles. The van der Waals surface area contributed by atoms with E-state index < -0.39 is 0 Å². The number of hydrogen-bond acceptors (Lipinski definition) is 0. The first-order chi connectivity index (χ1) is 19.0. The normalized spacial score (nSPS) is 18.0. The maximum atomic E-state index is 2.53. The van der Waals surface area contributed by atoms with Crippen LogP contribution in [0.4, 0.5) is 0 Å². The van der Waals surface area contributed by atoms with Gasteiger partial charge in [-0.1, -0.05) is 142 Å². The third-order valence-corrected chi connectivity index (χ3v) is 9.05. The first kappa shape index (κ1) is 26.6. The molecule has 0 spiro atoms. The SMILES string of the molecule is CC1=Cc2cc(C)cc(-c3ccc(C(C)(C)C)cc3)c2C1C1C(C(C)C)=Cc2c(-c3ccccc3)cc(C)cc21. The molecule has 0 fully saturated rings. The van der Waals surface area contributed by atoms with Crippen molar-refractivity contribution < 1.29 is 0 Å². The predicted molar refractivity (Wildman–Crippen MR) is 174 cm³/mol. The van der Waals surface area contributed by atoms with Crippen molar-refractivity contribution in [1.82, 2.24) is 0 Å². The van der Waals surface area contributed by atoms with Gasteiger partial charge in [0.1, 0.15) is 0 Å². The Labute approximate surface area is 241 Å². The molecule has 0 heteroatoms. The van der Waals surface area contributed by atoms with Gasteiger partial charge >= 0.3 is 0 Å². The van der Waals surface area contributed by atoms with Crippen molar-refractivity contribution in [3.63, 3.8) is 0 Å². The molecule has 6 rings (SSSR count). The van der Waals surface area contributed by atoms with Gasteiger partial charge in [0.2, 0.25) is 0 Å². The first-order valence-electron chi connectivity index (χ1n) is 14.9. The van der Waals surface area contributed by atoms with Crippen LogP contribution in [0.1, 0.15) is 92.3 Å². The van der Waals surface area contributed by atoms with Crippen LogP contribution in [0.25, 0.3) is 34.4 Å². The predicted octanol–water partition coefficient (Wildman–Crippen LogP) is 11.3. The molecule has 0 aromatic heterocycles. The van der Waals surface area contributed by atoms with Crippen LogP contribution in [0.5, 0.6) is 0 Å². The summed E-state index contributed by atoms with van der Waals surface area (Å²) in [5.41, 5.74) is 18.4. The van der Waals surface area contributed by atoms with Crippen LogP contribution in [-0.4, -0.2) is 0 Å². The van der Waals surface area contributed by atoms with Crippen molar-refractivity contribution in [2.75, 3.05) is 0 Å². The van der Waals surface area contributed by atoms with Gasteiger partial charge < -0.3 is 0 Å². The molecule has 0 N–H and O–H groups in total. The van der Waals surface area contributed by atoms with Crippen molar-refractivity contribution in [1.29, 1.82) is 0 Å². The van der Waals surface area contributed by atoms with Crippen LogP contribution in [0.3, 0.4) is 0 Å². The molecule has 4 aromatic rings. The van der Waals surface area contributed by atoms with E-state index in [1.54, 1.807) is 5.57 Å². The summed E-state index contributed by atoms with van der Waals surface area (Å²) in [7, 11) is 0. The van der Waals surface area contributed by atoms with Gasteiger partial charge in [0.05, 0.1) is 0 Å². The zero-order valence-electron chi connectivity index (χ0n) is 25.4. The molecule has 0 amide bonds. The third kappa shape index (κ3) is 4.48. The Morgan fingerprint density at radius 3 is 1.93 bits per heavy atom. The summed E-state index contributed by atoms with van der Waals surface area (Å²) in [6, 6.07) is 29.9. The second-order valence-electron chi connectivity index (χ2n) is 13.5. The molecule has 2 aliphatic carbocycles. The Bertz CT molecular complexity index is 1650. The molecule has 0 saturated heterocycles. The third-order valence-electron chi connectivity index (χ3n) is 9.05. The van der Waals surface area contributed by atoms with Crippen LogP contribution < -0.4 is 0 Å². The number of allylic oxidation sites excluding steroid dienone is 2. The maximum absolute atomic E-state index is 2.53. The highest BCUT2D eigenvalue weighted by Crippen LogP contribution is 2.57. The van der Waals surface area contributed by atoms with E-state index in [4.69, 9.17) is 0 Å². The Balaban J connectivity index is 1.55. The largest absolute Gasteiger partial charge is 0.0642 e. The van der Waals surface area contributed by atoms with Gasteiger partial charge in [-0.05, 0) is 87.7 Å². The van der Waals surface area contributed by atoms with Gasteiger partial charge in [0, 0.05) is 11.8 Å². The second kappa shape index (κ2) is 9.77. The minimum absolute atomic E-state index is 0.145. The number of fused-ring (bicyclic) bond motifs is 2. The van der Waals surface area contributed by atoms with E-state index in [0.29, 0.717) is 17.8 Å². The zero-order valence-corrected chi connectivity index (χ0v) is 25.4. The van der Waals surface area contributed by atoms with Crippen LogP contribution >= 0.6 is 0 Å². The molecule has 0 heterocycles. The smallest absolute Gasteiger partial charge is 0.0167 e. The Morgan fingerprint density at radius 2 is 1.27 bits per heavy atom. The fourth-order valence-electron chi connectivity index (χ4n) is 7.11. The van der Waals surface area contributed by atoms with Gasteiger partial charge in [-0.25, -0.2) is 0 Å². The monoisotopic (exact) mass is 522 g/mol. The lowest BCUT2D eigenvalue weighted by Gasteiger charge is -2.30. The number of aryl methyl sites for hydroxylation is 2. The molecule has 2 aliphatic rings. The minimum Gasteiger partial charge on any atom is -0.0642 e. The lowest BCUT2D eigenvalue weighted by atomic mass is 9.72. The molecule has 2 unspecified atom stereocenters. The summed E-state index contributed by atoms with van der Waals surface area (Å²) in [5, 5.41) is 0. The molecule has 0 bridgehead atoms. The summed E-state index contributed by atoms with van der Waals surface area (Å²) in [5.74, 6) is 1.14. The average Bonchev–Trinajstić information content (AvgIpc) is 3.44. The van der Waals surface area contributed by atoms with Crippen molar-refractivity contribution in [2.45, 2.75) is 72.6 Å². The molecule has 4 aromatic carbocycles. The number of benzene rings is 4. The minimum atomic E-state index is 0.145. The van der Waals surface area contributed by atoms with E-state index in [-0.39, 0.29) is 5.41 Å². The van der Waals surface area contributed by atoms with Crippen molar-refractivity contribution in [2.24, 2.45) is 5.92 Å². The van der Waals surface area contributed by atoms with Gasteiger partial charge in [-0.3, -0.25) is 0 Å². The molecule has 40 heavy (non-hydrogen) atoms. The highest BCUT2D eigenvalue weighted by Gasteiger charge is 2.40. The van der Waals surface area contributed by atoms with Crippen LogP contribution in [0.15, 0.2) is 90.0 Å². The Kier molecular flexibility index (Phi) is 6.49. The summed E-state index contributed by atoms with van der Waals surface area (Å²) in [4.78, 5) is 0. The summed E-state index contributed by atoms with van der Waals surface area (Å²) in [6.45, 7) is 18.5. The molecular formula is C40H42. The van der Waals surface area contributed by atoms with Crippen LogP contribution in [-0.2, 0) is 5.41 Å². The highest BCUT2D eigenvalue weighted by molar-refractivity contribution is 5.86. The fraction of sp³-hybridized carbons (Fsp3) is 0.300. The van der Waals surface area contributed by atoms with Gasteiger partial charge in [-0.15, -0.1) is 0 Å². The van der Waals surface area contributed by atoms with Crippen molar-refractivity contribution >= 4 is 12.2 Å². The van der Waals surface area contributed by atoms with Crippen molar-refractivity contribution in [3.8, 4) is 22.3 Å². The quantitative estimate of drug-likeness (QED) is 0.250. The number of hydrogen-bond donors (Lipinski definition) is 0. The molecule has 0 nitrogen and oxygen atoms in total. The van der Waals surface area contributed by atoms with Gasteiger partial charge in [0.25, 0.3) is 0 Å². The van der Waals surface area contributed by atoms with E-state index in [9.17, 15) is 0 Å². The molecule has 2 atom stereocenters. The van der Waals surface area contributed by atoms with E-state index in [0.717, 1.165) is 0 Å². The molecular weight excluding hydrogens is 480 g/mol. The fourth-order valence-corrected chi connectivity index (χ4v) is 7.11. The van der Waals surface area contributed by atoms with E-state index in [2.05, 4.69) is 146 Å². The van der Waals surface area contributed by atoms with Crippen LogP contribution in [0.2, 0.25) is 0 Å². The molecule has 0 saturated carbocycles. The summed E-state index contributed by atoms with van der Waals surface area (Å²) >= 11 is 0. The van der Waals surface area contributed by atoms with Gasteiger partial charge in [0.15, 0.2) is 0 Å². The number of rotatable bonds is 4. The topological polar surface area (TPSA) is 0 Å². The van der Waals surface area contributed by atoms with E-state index in [1.165, 1.54) is 66.8 Å². The maximum Gasteiger partial charge on any atom is 0.0167 e. The van der Waals surface area contributed by atoms with Crippen LogP contribution in [0, 0.1) is 19.8 Å². The second-order valence-corrected chi connectivity index (χ2v) is 13.5. The lowest BCUT2D eigenvalue weighted by molar-refractivity contribution is 0.590. The zero-order chi connectivity index (χ0) is 28.3. The molecule has 202 valence electrons. The average molecular weight is 523 g/mol. The highest BCUT2D eigenvalue weighted by atomic mass is 14.4. The van der Waals surface area contributed by atoms with E-state index in [1.807, 2.05) is 0 Å². The molecule has 0 radical (unpaired) electrons. The first-order valence-corrected chi connectivity index (χ1v) is 14.9. The Morgan fingerprint density at radius 1 is 0.650 bits per heavy atom. The summed E-state index contributed by atoms with van der Waals surface area (Å²) in [6.07, 6.45) is 4.99. The lowest BCUT2D eigenvalue weighted by Crippen LogP contribution is -2.15. The standard InChI is InChI=1S/C40H42/c1-24(2)32-23-35-33(28-12-10-9-11-13-28)19-26(4)21-36(35)39(32)37-27(5)22-30-18-25(3)20-34(38(30)37)29-14-16-31(17-15-29)40(6,7)8/h9-24,37,39H,1-8H3. The summed E-state index contributed by atoms with van der Waals surface area (Å²) < 4.78 is 0. The van der Waals surface area contributed by atoms with E-state index >= 15 is 0 Å².